The van der Waals surface area contributed by atoms with E-state index in [2.05, 4.69) is 10.2 Å². The Morgan fingerprint density at radius 3 is 2.83 bits per heavy atom. The van der Waals surface area contributed by atoms with E-state index in [9.17, 15) is 4.39 Å². The quantitative estimate of drug-likeness (QED) is 0.934. The monoisotopic (exact) mass is 316 g/mol. The van der Waals surface area contributed by atoms with Gasteiger partial charge in [-0.15, -0.1) is 0 Å². The van der Waals surface area contributed by atoms with Crippen molar-refractivity contribution in [2.24, 2.45) is 5.92 Å². The minimum absolute atomic E-state index is 0.290. The lowest BCUT2D eigenvalue weighted by molar-refractivity contribution is 0.0825. The normalized spacial score (nSPS) is 26.0. The van der Waals surface area contributed by atoms with E-state index in [1.165, 1.54) is 18.6 Å². The molecule has 1 aromatic heterocycles. The number of aromatic amines is 1. The zero-order valence-electron chi connectivity index (χ0n) is 13.4. The molecule has 3 heterocycles. The highest BCUT2D eigenvalue weighted by Crippen LogP contribution is 2.39. The number of ether oxygens (including phenoxy) is 2. The van der Waals surface area contributed by atoms with Crippen LogP contribution in [0.25, 0.3) is 11.1 Å². The number of fused-ring (bicyclic) bond motifs is 2. The van der Waals surface area contributed by atoms with E-state index in [1.807, 2.05) is 19.9 Å². The average molecular weight is 316 g/mol. The Hall–Kier alpha value is -1.88. The number of H-pyrrole nitrogens is 1. The van der Waals surface area contributed by atoms with E-state index >= 15 is 0 Å². The first-order valence-corrected chi connectivity index (χ1v) is 8.21. The van der Waals surface area contributed by atoms with Crippen molar-refractivity contribution in [2.45, 2.75) is 45.3 Å². The maximum absolute atomic E-state index is 14.0. The van der Waals surface area contributed by atoms with E-state index in [0.717, 1.165) is 35.4 Å². The van der Waals surface area contributed by atoms with Crippen LogP contribution in [0.15, 0.2) is 18.2 Å². The molecule has 2 aliphatic heterocycles. The van der Waals surface area contributed by atoms with Crippen LogP contribution in [0.2, 0.25) is 0 Å². The van der Waals surface area contributed by atoms with E-state index in [1.54, 1.807) is 0 Å². The second-order valence-corrected chi connectivity index (χ2v) is 6.67. The van der Waals surface area contributed by atoms with Crippen LogP contribution >= 0.6 is 0 Å². The number of hydrogen-bond donors (Lipinski definition) is 1. The highest BCUT2D eigenvalue weighted by atomic mass is 19.1. The minimum Gasteiger partial charge on any atom is -0.493 e. The molecule has 2 fully saturated rings. The molecule has 1 N–H and O–H groups in total. The lowest BCUT2D eigenvalue weighted by atomic mass is 9.90. The van der Waals surface area contributed by atoms with Gasteiger partial charge in [-0.1, -0.05) is 0 Å². The molecule has 2 aliphatic rings. The summed E-state index contributed by atoms with van der Waals surface area (Å²) in [5.74, 6) is 0.710. The van der Waals surface area contributed by atoms with Crippen LogP contribution in [-0.4, -0.2) is 29.0 Å². The molecule has 0 unspecified atom stereocenters. The Balaban J connectivity index is 1.53. The molecule has 5 heteroatoms. The summed E-state index contributed by atoms with van der Waals surface area (Å²) in [5.41, 5.74) is 3.53. The Kier molecular flexibility index (Phi) is 3.60. The molecule has 0 aliphatic carbocycles. The summed E-state index contributed by atoms with van der Waals surface area (Å²) >= 11 is 0. The van der Waals surface area contributed by atoms with Crippen LogP contribution in [0, 0.1) is 25.6 Å². The van der Waals surface area contributed by atoms with E-state index < -0.39 is 0 Å². The van der Waals surface area contributed by atoms with Crippen LogP contribution in [0.5, 0.6) is 5.75 Å². The summed E-state index contributed by atoms with van der Waals surface area (Å²) in [6.07, 6.45) is 4.09. The third-order valence-corrected chi connectivity index (χ3v) is 4.98. The van der Waals surface area contributed by atoms with Crippen molar-refractivity contribution >= 4 is 0 Å². The number of aromatic nitrogens is 2. The summed E-state index contributed by atoms with van der Waals surface area (Å²) in [6.45, 7) is 4.44. The lowest BCUT2D eigenvalue weighted by Gasteiger charge is -2.19. The summed E-state index contributed by atoms with van der Waals surface area (Å²) in [4.78, 5) is 0. The van der Waals surface area contributed by atoms with Gasteiger partial charge >= 0.3 is 0 Å². The van der Waals surface area contributed by atoms with E-state index in [4.69, 9.17) is 9.47 Å². The van der Waals surface area contributed by atoms with Gasteiger partial charge in [0.05, 0.1) is 24.5 Å². The zero-order chi connectivity index (χ0) is 16.0. The highest BCUT2D eigenvalue weighted by molar-refractivity contribution is 5.69. The highest BCUT2D eigenvalue weighted by Gasteiger charge is 2.40. The molecule has 0 radical (unpaired) electrons. The fourth-order valence-electron chi connectivity index (χ4n) is 3.89. The molecule has 1 aromatic carbocycles. The van der Waals surface area contributed by atoms with Crippen molar-refractivity contribution in [3.05, 3.63) is 35.4 Å². The van der Waals surface area contributed by atoms with Crippen LogP contribution in [0.1, 0.15) is 30.7 Å². The number of nitrogens with one attached hydrogen (secondary N) is 1. The number of halogens is 1. The van der Waals surface area contributed by atoms with Crippen molar-refractivity contribution in [1.82, 2.24) is 10.2 Å². The van der Waals surface area contributed by atoms with Crippen molar-refractivity contribution in [2.75, 3.05) is 6.61 Å². The number of hydrogen-bond acceptors (Lipinski definition) is 3. The van der Waals surface area contributed by atoms with Crippen molar-refractivity contribution in [1.29, 1.82) is 0 Å². The van der Waals surface area contributed by atoms with Crippen LogP contribution < -0.4 is 4.74 Å². The first-order chi connectivity index (χ1) is 11.1. The lowest BCUT2D eigenvalue weighted by Crippen LogP contribution is -2.23. The van der Waals surface area contributed by atoms with Gasteiger partial charge in [-0.05, 0) is 50.8 Å². The number of benzene rings is 1. The molecule has 0 spiro atoms. The van der Waals surface area contributed by atoms with E-state index in [-0.39, 0.29) is 5.82 Å². The van der Waals surface area contributed by atoms with Gasteiger partial charge in [-0.3, -0.25) is 5.10 Å². The second kappa shape index (κ2) is 5.64. The fourth-order valence-corrected chi connectivity index (χ4v) is 3.89. The predicted octanol–water partition coefficient (Wildman–Crippen LogP) is 3.78. The number of rotatable bonds is 4. The Bertz CT molecular complexity index is 708. The Morgan fingerprint density at radius 2 is 2.17 bits per heavy atom. The van der Waals surface area contributed by atoms with Gasteiger partial charge in [-0.25, -0.2) is 4.39 Å². The Morgan fingerprint density at radius 1 is 1.30 bits per heavy atom. The Labute approximate surface area is 135 Å². The van der Waals surface area contributed by atoms with Crippen molar-refractivity contribution in [3.8, 4) is 16.9 Å². The maximum atomic E-state index is 14.0. The smallest absolute Gasteiger partial charge is 0.127 e. The van der Waals surface area contributed by atoms with Crippen LogP contribution in [0.4, 0.5) is 4.39 Å². The van der Waals surface area contributed by atoms with Gasteiger partial charge in [0.15, 0.2) is 0 Å². The standard InChI is InChI=1S/C18H21FN2O2/c1-10-18(11(2)21-20-10)12-5-14(19)8-16(6-12)22-9-13-7-15-3-4-17(13)23-15/h5-6,8,13,15,17H,3-4,7,9H2,1-2H3,(H,20,21)/t13-,15+,17-/m1/s1. The third-order valence-electron chi connectivity index (χ3n) is 4.98. The topological polar surface area (TPSA) is 47.1 Å². The van der Waals surface area contributed by atoms with Gasteiger partial charge in [0.25, 0.3) is 0 Å². The molecule has 122 valence electrons. The van der Waals surface area contributed by atoms with Gasteiger partial charge in [0, 0.05) is 23.2 Å². The molecular weight excluding hydrogens is 295 g/mol. The number of aryl methyl sites for hydroxylation is 2. The molecule has 0 amide bonds. The summed E-state index contributed by atoms with van der Waals surface area (Å²) in [7, 11) is 0. The molecule has 23 heavy (non-hydrogen) atoms. The molecule has 2 aromatic rings. The predicted molar refractivity (Wildman–Crippen MR) is 85.0 cm³/mol. The first-order valence-electron chi connectivity index (χ1n) is 8.21. The molecule has 4 nitrogen and oxygen atoms in total. The largest absolute Gasteiger partial charge is 0.493 e. The molecule has 3 atom stereocenters. The summed E-state index contributed by atoms with van der Waals surface area (Å²) in [6, 6.07) is 4.86. The molecule has 4 rings (SSSR count). The third kappa shape index (κ3) is 2.74. The average Bonchev–Trinajstić information content (AvgIpc) is 3.21. The zero-order valence-corrected chi connectivity index (χ0v) is 13.4. The number of nitrogens with zero attached hydrogens (tertiary/aromatic N) is 1. The SMILES string of the molecule is Cc1n[nH]c(C)c1-c1cc(F)cc(OC[C@H]2C[C@@H]3CC[C@H]2O3)c1. The summed E-state index contributed by atoms with van der Waals surface area (Å²) in [5, 5.41) is 7.12. The van der Waals surface area contributed by atoms with Gasteiger partial charge in [-0.2, -0.15) is 5.10 Å². The molecular formula is C18H21FN2O2. The van der Waals surface area contributed by atoms with Gasteiger partial charge in [0.2, 0.25) is 0 Å². The van der Waals surface area contributed by atoms with Gasteiger partial charge < -0.3 is 9.47 Å². The van der Waals surface area contributed by atoms with Crippen molar-refractivity contribution in [3.63, 3.8) is 0 Å². The maximum Gasteiger partial charge on any atom is 0.127 e. The minimum atomic E-state index is -0.290. The van der Waals surface area contributed by atoms with Crippen molar-refractivity contribution < 1.29 is 13.9 Å². The molecule has 2 bridgehead atoms. The molecule has 0 saturated carbocycles. The van der Waals surface area contributed by atoms with Gasteiger partial charge in [0.1, 0.15) is 11.6 Å². The fraction of sp³-hybridized carbons (Fsp3) is 0.500. The van der Waals surface area contributed by atoms with Crippen LogP contribution in [-0.2, 0) is 4.74 Å². The molecule has 2 saturated heterocycles. The van der Waals surface area contributed by atoms with Crippen LogP contribution in [0.3, 0.4) is 0 Å². The second-order valence-electron chi connectivity index (χ2n) is 6.67. The first kappa shape index (κ1) is 14.7. The summed E-state index contributed by atoms with van der Waals surface area (Å²) < 4.78 is 25.7. The van der Waals surface area contributed by atoms with E-state index in [0.29, 0.717) is 30.5 Å².